The summed E-state index contributed by atoms with van der Waals surface area (Å²) in [5, 5.41) is 0. The number of benzene rings is 2. The summed E-state index contributed by atoms with van der Waals surface area (Å²) in [7, 11) is 0. The first-order valence-corrected chi connectivity index (χ1v) is 6.75. The van der Waals surface area contributed by atoms with E-state index in [2.05, 4.69) is 60.4 Å². The molecule has 1 heterocycles. The summed E-state index contributed by atoms with van der Waals surface area (Å²) in [5.41, 5.74) is 6.91. The van der Waals surface area contributed by atoms with Crippen LogP contribution in [0.2, 0.25) is 0 Å². The maximum absolute atomic E-state index is 4.47. The van der Waals surface area contributed by atoms with Crippen LogP contribution >= 0.6 is 0 Å². The van der Waals surface area contributed by atoms with E-state index in [4.69, 9.17) is 0 Å². The maximum atomic E-state index is 4.47. The predicted octanol–water partition coefficient (Wildman–Crippen LogP) is 4.83. The van der Waals surface area contributed by atoms with Gasteiger partial charge in [0.05, 0.1) is 0 Å². The van der Waals surface area contributed by atoms with Gasteiger partial charge in [-0.25, -0.2) is 0 Å². The minimum atomic E-state index is 0. The minimum absolute atomic E-state index is 0. The van der Waals surface area contributed by atoms with Gasteiger partial charge in [-0.05, 0) is 36.2 Å². The van der Waals surface area contributed by atoms with Gasteiger partial charge in [-0.2, -0.15) is 0 Å². The summed E-state index contributed by atoms with van der Waals surface area (Å²) in [4.78, 5) is 4.47. The Hall–Kier alpha value is -1.76. The monoisotopic (exact) mass is 451 g/mol. The molecule has 2 aromatic carbocycles. The Kier molecular flexibility index (Phi) is 5.06. The molecule has 21 heavy (non-hydrogen) atoms. The first kappa shape index (κ1) is 15.6. The molecule has 3 rings (SSSR count). The fraction of sp³-hybridized carbons (Fsp3) is 0.105. The van der Waals surface area contributed by atoms with Crippen molar-refractivity contribution in [2.24, 2.45) is 0 Å². The average Bonchev–Trinajstić information content (AvgIpc) is 2.49. The van der Waals surface area contributed by atoms with Gasteiger partial charge in [0, 0.05) is 26.3 Å². The third-order valence-corrected chi connectivity index (χ3v) is 3.44. The van der Waals surface area contributed by atoms with Gasteiger partial charge in [0.2, 0.25) is 0 Å². The first-order valence-electron chi connectivity index (χ1n) is 6.75. The van der Waals surface area contributed by atoms with Gasteiger partial charge in [0.15, 0.2) is 0 Å². The minimum Gasteiger partial charge on any atom is -0.304 e. The van der Waals surface area contributed by atoms with Gasteiger partial charge in [-0.3, -0.25) is 0 Å². The average molecular weight is 451 g/mol. The number of aryl methyl sites for hydroxylation is 2. The van der Waals surface area contributed by atoms with Gasteiger partial charge < -0.3 is 4.98 Å². The molecule has 3 aromatic rings. The molecule has 0 fully saturated rings. The third kappa shape index (κ3) is 3.47. The first-order chi connectivity index (χ1) is 9.74. The van der Waals surface area contributed by atoms with Crippen molar-refractivity contribution in [2.75, 3.05) is 0 Å². The second kappa shape index (κ2) is 6.80. The van der Waals surface area contributed by atoms with Crippen LogP contribution in [-0.4, -0.2) is 4.98 Å². The number of nitrogens with zero attached hydrogens (tertiary/aromatic N) is 1. The quantitative estimate of drug-likeness (QED) is 0.510. The molecular weight excluding hydrogens is 434 g/mol. The van der Waals surface area contributed by atoms with Crippen LogP contribution in [0.4, 0.5) is 0 Å². The van der Waals surface area contributed by atoms with Gasteiger partial charge in [0.25, 0.3) is 0 Å². The van der Waals surface area contributed by atoms with Crippen molar-refractivity contribution in [3.63, 3.8) is 0 Å². The Morgan fingerprint density at radius 3 is 2.48 bits per heavy atom. The van der Waals surface area contributed by atoms with E-state index >= 15 is 0 Å². The largest absolute Gasteiger partial charge is 0.304 e. The molecule has 1 nitrogen and oxygen atoms in total. The summed E-state index contributed by atoms with van der Waals surface area (Å²) in [5.74, 6) is 0. The van der Waals surface area contributed by atoms with E-state index in [9.17, 15) is 0 Å². The summed E-state index contributed by atoms with van der Waals surface area (Å²) >= 11 is 0. The Balaban J connectivity index is 0.00000161. The zero-order valence-electron chi connectivity index (χ0n) is 12.1. The zero-order valence-corrected chi connectivity index (χ0v) is 14.4. The number of aromatic nitrogens is 1. The normalized spacial score (nSPS) is 10.0. The van der Waals surface area contributed by atoms with Crippen molar-refractivity contribution >= 4 is 0 Å². The van der Waals surface area contributed by atoms with Crippen LogP contribution in [0.3, 0.4) is 0 Å². The molecular formula is C19H16IrN-. The fourth-order valence-corrected chi connectivity index (χ4v) is 2.31. The molecule has 0 saturated heterocycles. The summed E-state index contributed by atoms with van der Waals surface area (Å²) < 4.78 is 0. The van der Waals surface area contributed by atoms with Crippen molar-refractivity contribution in [1.29, 1.82) is 0 Å². The fourth-order valence-electron chi connectivity index (χ4n) is 2.31. The van der Waals surface area contributed by atoms with Gasteiger partial charge in [0.1, 0.15) is 0 Å². The van der Waals surface area contributed by atoms with Crippen LogP contribution in [0.15, 0.2) is 60.8 Å². The van der Waals surface area contributed by atoms with E-state index in [-0.39, 0.29) is 20.1 Å². The van der Waals surface area contributed by atoms with Crippen LogP contribution in [-0.2, 0) is 20.1 Å². The molecule has 1 radical (unpaired) electrons. The number of rotatable bonds is 2. The van der Waals surface area contributed by atoms with Crippen LogP contribution in [0, 0.1) is 19.9 Å². The van der Waals surface area contributed by atoms with E-state index in [0.29, 0.717) is 0 Å². The Labute approximate surface area is 139 Å². The Bertz CT molecular complexity index is 733. The molecule has 0 aliphatic rings. The van der Waals surface area contributed by atoms with Crippen molar-refractivity contribution in [3.05, 3.63) is 78.0 Å². The van der Waals surface area contributed by atoms with Crippen molar-refractivity contribution in [1.82, 2.24) is 4.98 Å². The van der Waals surface area contributed by atoms with Crippen LogP contribution in [0.1, 0.15) is 11.1 Å². The van der Waals surface area contributed by atoms with Crippen LogP contribution in [0.5, 0.6) is 0 Å². The van der Waals surface area contributed by atoms with E-state index in [1.54, 1.807) is 0 Å². The molecule has 0 aliphatic carbocycles. The predicted molar refractivity (Wildman–Crippen MR) is 83.4 cm³/mol. The van der Waals surface area contributed by atoms with E-state index in [1.165, 1.54) is 22.3 Å². The molecule has 0 spiro atoms. The van der Waals surface area contributed by atoms with Crippen molar-refractivity contribution < 1.29 is 20.1 Å². The second-order valence-electron chi connectivity index (χ2n) is 5.03. The molecule has 0 atom stereocenters. The molecule has 0 amide bonds. The van der Waals surface area contributed by atoms with Gasteiger partial charge in [-0.1, -0.05) is 36.4 Å². The summed E-state index contributed by atoms with van der Waals surface area (Å²) in [6, 6.07) is 22.0. The molecule has 0 saturated carbocycles. The van der Waals surface area contributed by atoms with E-state index in [1.807, 2.05) is 25.3 Å². The van der Waals surface area contributed by atoms with Gasteiger partial charge >= 0.3 is 0 Å². The van der Waals surface area contributed by atoms with Gasteiger partial charge in [-0.15, -0.1) is 35.4 Å². The second-order valence-corrected chi connectivity index (χ2v) is 5.03. The number of hydrogen-bond donors (Lipinski definition) is 0. The Morgan fingerprint density at radius 1 is 0.952 bits per heavy atom. The summed E-state index contributed by atoms with van der Waals surface area (Å²) in [6.45, 7) is 4.18. The molecule has 0 aliphatic heterocycles. The molecule has 1 aromatic heterocycles. The standard InChI is InChI=1S/C19H16N.Ir/c1-14-10-11-19(20-13-14)17-8-5-7-16(12-17)18-9-4-3-6-15(18)2;/h3-7,9-13H,1-2H3;/q-1;. The Morgan fingerprint density at radius 2 is 1.76 bits per heavy atom. The van der Waals surface area contributed by atoms with Crippen molar-refractivity contribution in [3.8, 4) is 22.4 Å². The van der Waals surface area contributed by atoms with E-state index in [0.717, 1.165) is 11.3 Å². The molecule has 107 valence electrons. The third-order valence-electron chi connectivity index (χ3n) is 3.44. The van der Waals surface area contributed by atoms with Crippen molar-refractivity contribution in [2.45, 2.75) is 13.8 Å². The van der Waals surface area contributed by atoms with E-state index < -0.39 is 0 Å². The van der Waals surface area contributed by atoms with Crippen LogP contribution in [0.25, 0.3) is 22.4 Å². The molecule has 0 N–H and O–H groups in total. The summed E-state index contributed by atoms with van der Waals surface area (Å²) in [6.07, 6.45) is 1.89. The maximum Gasteiger partial charge on any atom is 0.0190 e. The zero-order chi connectivity index (χ0) is 13.9. The smallest absolute Gasteiger partial charge is 0.0190 e. The SMILES string of the molecule is Cc1ccc(-c2[c-]ccc(-c3ccccc3C)c2)nc1.[Ir]. The molecule has 0 bridgehead atoms. The van der Waals surface area contributed by atoms with Crippen LogP contribution < -0.4 is 0 Å². The number of pyridine rings is 1. The number of hydrogen-bond acceptors (Lipinski definition) is 1. The molecule has 0 unspecified atom stereocenters. The topological polar surface area (TPSA) is 12.9 Å². The molecule has 2 heteroatoms.